The summed E-state index contributed by atoms with van der Waals surface area (Å²) in [5.74, 6) is 0.724. The van der Waals surface area contributed by atoms with Crippen LogP contribution in [0.25, 0.3) is 11.3 Å². The molecule has 1 N–H and O–H groups in total. The molecule has 1 heterocycles. The molecule has 0 radical (unpaired) electrons. The number of hydrogen-bond donors (Lipinski definition) is 1. The van der Waals surface area contributed by atoms with Crippen molar-refractivity contribution >= 4 is 23.3 Å². The van der Waals surface area contributed by atoms with E-state index in [0.717, 1.165) is 24.1 Å². The van der Waals surface area contributed by atoms with E-state index in [1.165, 1.54) is 6.33 Å². The van der Waals surface area contributed by atoms with Crippen molar-refractivity contribution in [3.8, 4) is 11.3 Å². The molecule has 0 saturated heterocycles. The summed E-state index contributed by atoms with van der Waals surface area (Å²) >= 11 is 5.96. The first-order chi connectivity index (χ1) is 9.22. The Bertz CT molecular complexity index is 626. The number of nitrogens with zero attached hydrogens (tertiary/aromatic N) is 2. The Morgan fingerprint density at radius 2 is 2.11 bits per heavy atom. The van der Waals surface area contributed by atoms with Gasteiger partial charge in [-0.2, -0.15) is 0 Å². The smallest absolute Gasteiger partial charge is 0.228 e. The minimum Gasteiger partial charge on any atom is -0.310 e. The minimum atomic E-state index is 0.0377. The average molecular weight is 274 g/mol. The standard InChI is InChI=1S/C14H12ClN3O/c15-11-3-1-2-10(6-11)12-7-13(17-8-16-12)18-14(19)9-4-5-9/h1-3,6-9H,4-5H2,(H,16,17,18,19). The van der Waals surface area contributed by atoms with Crippen LogP contribution >= 0.6 is 11.6 Å². The molecule has 4 nitrogen and oxygen atoms in total. The van der Waals surface area contributed by atoms with Crippen molar-refractivity contribution in [2.24, 2.45) is 5.92 Å². The van der Waals surface area contributed by atoms with Crippen LogP contribution in [0, 0.1) is 5.92 Å². The lowest BCUT2D eigenvalue weighted by molar-refractivity contribution is -0.117. The first-order valence-corrected chi connectivity index (χ1v) is 6.49. The average Bonchev–Trinajstić information content (AvgIpc) is 3.23. The highest BCUT2D eigenvalue weighted by Crippen LogP contribution is 2.30. The van der Waals surface area contributed by atoms with Crippen molar-refractivity contribution < 1.29 is 4.79 Å². The topological polar surface area (TPSA) is 54.9 Å². The van der Waals surface area contributed by atoms with Gasteiger partial charge >= 0.3 is 0 Å². The summed E-state index contributed by atoms with van der Waals surface area (Å²) in [7, 11) is 0. The van der Waals surface area contributed by atoms with Crippen LogP contribution in [0.4, 0.5) is 5.82 Å². The molecule has 1 amide bonds. The molecule has 1 aromatic carbocycles. The van der Waals surface area contributed by atoms with Crippen molar-refractivity contribution in [2.45, 2.75) is 12.8 Å². The van der Waals surface area contributed by atoms with Crippen molar-refractivity contribution in [2.75, 3.05) is 5.32 Å². The zero-order chi connectivity index (χ0) is 13.2. The fraction of sp³-hybridized carbons (Fsp3) is 0.214. The number of aromatic nitrogens is 2. The number of carbonyl (C=O) groups is 1. The summed E-state index contributed by atoms with van der Waals surface area (Å²) in [6.45, 7) is 0. The maximum atomic E-state index is 11.7. The van der Waals surface area contributed by atoms with Gasteiger partial charge in [-0.3, -0.25) is 4.79 Å². The number of hydrogen-bond acceptors (Lipinski definition) is 3. The van der Waals surface area contributed by atoms with Gasteiger partial charge in [0, 0.05) is 22.6 Å². The van der Waals surface area contributed by atoms with Crippen molar-refractivity contribution in [3.05, 3.63) is 41.7 Å². The van der Waals surface area contributed by atoms with Gasteiger partial charge in [0.1, 0.15) is 12.1 Å². The van der Waals surface area contributed by atoms with E-state index >= 15 is 0 Å². The fourth-order valence-corrected chi connectivity index (χ4v) is 2.00. The van der Waals surface area contributed by atoms with Crippen molar-refractivity contribution in [1.82, 2.24) is 9.97 Å². The van der Waals surface area contributed by atoms with Gasteiger partial charge in [0.05, 0.1) is 5.69 Å². The Kier molecular flexibility index (Phi) is 3.17. The lowest BCUT2D eigenvalue weighted by Gasteiger charge is -2.05. The molecule has 0 aliphatic heterocycles. The largest absolute Gasteiger partial charge is 0.310 e. The summed E-state index contributed by atoms with van der Waals surface area (Å²) in [4.78, 5) is 19.9. The molecule has 19 heavy (non-hydrogen) atoms. The maximum Gasteiger partial charge on any atom is 0.228 e. The molecule has 1 fully saturated rings. The van der Waals surface area contributed by atoms with Crippen LogP contribution in [-0.4, -0.2) is 15.9 Å². The maximum absolute atomic E-state index is 11.7. The molecule has 96 valence electrons. The molecule has 2 aromatic rings. The molecule has 1 saturated carbocycles. The molecule has 1 aliphatic rings. The molecular weight excluding hydrogens is 262 g/mol. The molecule has 1 aliphatic carbocycles. The van der Waals surface area contributed by atoms with Crippen LogP contribution in [0.3, 0.4) is 0 Å². The Morgan fingerprint density at radius 3 is 2.84 bits per heavy atom. The molecule has 0 bridgehead atoms. The molecule has 0 unspecified atom stereocenters. The highest BCUT2D eigenvalue weighted by molar-refractivity contribution is 6.30. The SMILES string of the molecule is O=C(Nc1cc(-c2cccc(Cl)c2)ncn1)C1CC1. The highest BCUT2D eigenvalue weighted by atomic mass is 35.5. The summed E-state index contributed by atoms with van der Waals surface area (Å²) in [6.07, 6.45) is 3.38. The first kappa shape index (κ1) is 12.1. The Balaban J connectivity index is 1.84. The third kappa shape index (κ3) is 2.90. The minimum absolute atomic E-state index is 0.0377. The van der Waals surface area contributed by atoms with E-state index in [1.54, 1.807) is 6.07 Å². The monoisotopic (exact) mass is 273 g/mol. The quantitative estimate of drug-likeness (QED) is 0.935. The lowest BCUT2D eigenvalue weighted by Crippen LogP contribution is -2.14. The van der Waals surface area contributed by atoms with Crippen LogP contribution in [0.2, 0.25) is 5.02 Å². The van der Waals surface area contributed by atoms with Crippen molar-refractivity contribution in [1.29, 1.82) is 0 Å². The van der Waals surface area contributed by atoms with E-state index in [2.05, 4.69) is 15.3 Å². The summed E-state index contributed by atoms with van der Waals surface area (Å²) in [5.41, 5.74) is 1.64. The third-order valence-corrected chi connectivity index (χ3v) is 3.22. The number of benzene rings is 1. The van der Waals surface area contributed by atoms with E-state index in [-0.39, 0.29) is 11.8 Å². The summed E-state index contributed by atoms with van der Waals surface area (Å²) < 4.78 is 0. The van der Waals surface area contributed by atoms with Crippen LogP contribution in [0.5, 0.6) is 0 Å². The zero-order valence-corrected chi connectivity index (χ0v) is 10.9. The Hall–Kier alpha value is -1.94. The van der Waals surface area contributed by atoms with Gasteiger partial charge < -0.3 is 5.32 Å². The number of carbonyl (C=O) groups excluding carboxylic acids is 1. The van der Waals surface area contributed by atoms with E-state index in [4.69, 9.17) is 11.6 Å². The van der Waals surface area contributed by atoms with E-state index in [9.17, 15) is 4.79 Å². The van der Waals surface area contributed by atoms with Gasteiger partial charge in [0.15, 0.2) is 0 Å². The van der Waals surface area contributed by atoms with E-state index in [0.29, 0.717) is 10.8 Å². The molecule has 0 atom stereocenters. The first-order valence-electron chi connectivity index (χ1n) is 6.11. The van der Waals surface area contributed by atoms with Gasteiger partial charge in [-0.05, 0) is 25.0 Å². The predicted molar refractivity (Wildman–Crippen MR) is 73.8 cm³/mol. The van der Waals surface area contributed by atoms with Gasteiger partial charge in [0.2, 0.25) is 5.91 Å². The van der Waals surface area contributed by atoms with Gasteiger partial charge in [-0.15, -0.1) is 0 Å². The van der Waals surface area contributed by atoms with Gasteiger partial charge in [0.25, 0.3) is 0 Å². The molecular formula is C14H12ClN3O. The van der Waals surface area contributed by atoms with Crippen LogP contribution in [-0.2, 0) is 4.79 Å². The molecule has 1 aromatic heterocycles. The van der Waals surface area contributed by atoms with Crippen molar-refractivity contribution in [3.63, 3.8) is 0 Å². The zero-order valence-electron chi connectivity index (χ0n) is 10.1. The second kappa shape index (κ2) is 4.97. The molecule has 0 spiro atoms. The third-order valence-electron chi connectivity index (χ3n) is 2.99. The predicted octanol–water partition coefficient (Wildman–Crippen LogP) is 3.15. The Labute approximate surface area is 115 Å². The Morgan fingerprint density at radius 1 is 1.26 bits per heavy atom. The van der Waals surface area contributed by atoms with Crippen LogP contribution in [0.15, 0.2) is 36.7 Å². The fourth-order valence-electron chi connectivity index (χ4n) is 1.81. The summed E-state index contributed by atoms with van der Waals surface area (Å²) in [6, 6.07) is 9.17. The van der Waals surface area contributed by atoms with Gasteiger partial charge in [-0.1, -0.05) is 23.7 Å². The number of halogens is 1. The second-order valence-corrected chi connectivity index (χ2v) is 5.00. The van der Waals surface area contributed by atoms with Crippen LogP contribution in [0.1, 0.15) is 12.8 Å². The molecule has 3 rings (SSSR count). The van der Waals surface area contributed by atoms with Crippen LogP contribution < -0.4 is 5.32 Å². The number of rotatable bonds is 3. The second-order valence-electron chi connectivity index (χ2n) is 4.56. The highest BCUT2D eigenvalue weighted by Gasteiger charge is 2.29. The number of amides is 1. The number of anilines is 1. The van der Waals surface area contributed by atoms with E-state index in [1.807, 2.05) is 24.3 Å². The normalized spacial score (nSPS) is 14.2. The van der Waals surface area contributed by atoms with Gasteiger partial charge in [-0.25, -0.2) is 9.97 Å². The number of nitrogens with one attached hydrogen (secondary N) is 1. The molecule has 5 heteroatoms. The lowest BCUT2D eigenvalue weighted by atomic mass is 10.1. The summed E-state index contributed by atoms with van der Waals surface area (Å²) in [5, 5.41) is 3.46. The van der Waals surface area contributed by atoms with E-state index < -0.39 is 0 Å².